The number of hydrogen-bond donors (Lipinski definition) is 0. The van der Waals surface area contributed by atoms with Crippen LogP contribution >= 0.6 is 0 Å². The SMILES string of the molecule is C1=CC2=C(CC1)N(C1=CC3C(C=C1)c1ccc(/C=C/c4ccc(N5c6ccccc6N(c6ccccc6)c6ccccc65)cc4)cc1C31Cc3ccccc3C1)c1ccccc1N2c1ccccc1. The molecular formula is C65H50N4. The van der Waals surface area contributed by atoms with Crippen LogP contribution in [-0.2, 0) is 18.3 Å². The summed E-state index contributed by atoms with van der Waals surface area (Å²) in [7, 11) is 0. The quantitative estimate of drug-likeness (QED) is 0.154. The fourth-order valence-corrected chi connectivity index (χ4v) is 12.6. The van der Waals surface area contributed by atoms with Gasteiger partial charge in [0.05, 0.1) is 39.8 Å². The molecule has 0 aromatic heterocycles. The Balaban J connectivity index is 0.805. The van der Waals surface area contributed by atoms with E-state index >= 15 is 0 Å². The van der Waals surface area contributed by atoms with Gasteiger partial charge in [-0.25, -0.2) is 0 Å². The molecular weight excluding hydrogens is 837 g/mol. The fraction of sp³-hybridized carbons (Fsp3) is 0.108. The van der Waals surface area contributed by atoms with Crippen molar-refractivity contribution >= 4 is 63.3 Å². The van der Waals surface area contributed by atoms with Gasteiger partial charge >= 0.3 is 0 Å². The van der Waals surface area contributed by atoms with E-state index in [0.29, 0.717) is 11.8 Å². The van der Waals surface area contributed by atoms with E-state index in [9.17, 15) is 0 Å². The number of benzene rings is 8. The van der Waals surface area contributed by atoms with Crippen LogP contribution in [0.1, 0.15) is 52.1 Å². The van der Waals surface area contributed by atoms with Gasteiger partial charge < -0.3 is 19.6 Å². The summed E-state index contributed by atoms with van der Waals surface area (Å²) < 4.78 is 0. The third kappa shape index (κ3) is 6.28. The fourth-order valence-electron chi connectivity index (χ4n) is 12.6. The van der Waals surface area contributed by atoms with E-state index in [-0.39, 0.29) is 5.41 Å². The van der Waals surface area contributed by atoms with Crippen LogP contribution in [-0.4, -0.2) is 0 Å². The Labute approximate surface area is 405 Å². The van der Waals surface area contributed by atoms with Gasteiger partial charge in [0.15, 0.2) is 0 Å². The van der Waals surface area contributed by atoms with Crippen LogP contribution in [0.3, 0.4) is 0 Å². The Morgan fingerprint density at radius 1 is 0.449 bits per heavy atom. The van der Waals surface area contributed by atoms with Gasteiger partial charge in [-0.2, -0.15) is 0 Å². The molecule has 14 rings (SSSR count). The van der Waals surface area contributed by atoms with Crippen molar-refractivity contribution in [3.63, 3.8) is 0 Å². The molecule has 0 N–H and O–H groups in total. The maximum Gasteiger partial charge on any atom is 0.0703 e. The van der Waals surface area contributed by atoms with E-state index in [1.807, 2.05) is 0 Å². The van der Waals surface area contributed by atoms with E-state index in [1.54, 1.807) is 0 Å². The smallest absolute Gasteiger partial charge is 0.0703 e. The van der Waals surface area contributed by atoms with Crippen LogP contribution < -0.4 is 19.6 Å². The van der Waals surface area contributed by atoms with Gasteiger partial charge in [-0.15, -0.1) is 0 Å². The molecule has 6 aliphatic rings. The highest BCUT2D eigenvalue weighted by Gasteiger charge is 2.54. The van der Waals surface area contributed by atoms with Crippen molar-refractivity contribution in [3.05, 3.63) is 281 Å². The molecule has 2 atom stereocenters. The van der Waals surface area contributed by atoms with Gasteiger partial charge in [0.25, 0.3) is 0 Å². The van der Waals surface area contributed by atoms with Crippen molar-refractivity contribution in [2.45, 2.75) is 37.0 Å². The molecule has 0 saturated heterocycles. The number of allylic oxidation sites excluding steroid dienone is 6. The zero-order chi connectivity index (χ0) is 45.5. The zero-order valence-corrected chi connectivity index (χ0v) is 38.4. The Morgan fingerprint density at radius 3 is 1.55 bits per heavy atom. The summed E-state index contributed by atoms with van der Waals surface area (Å²) in [6.45, 7) is 0. The summed E-state index contributed by atoms with van der Waals surface area (Å²) in [5.41, 5.74) is 22.8. The average molecular weight is 887 g/mol. The predicted molar refractivity (Wildman–Crippen MR) is 287 cm³/mol. The molecule has 1 spiro atoms. The molecule has 0 radical (unpaired) electrons. The van der Waals surface area contributed by atoms with Gasteiger partial charge in [0, 0.05) is 39.8 Å². The Kier molecular flexibility index (Phi) is 9.16. The van der Waals surface area contributed by atoms with Gasteiger partial charge in [-0.05, 0) is 150 Å². The minimum absolute atomic E-state index is 0.0443. The molecule has 2 unspecified atom stereocenters. The largest absolute Gasteiger partial charge is 0.310 e. The molecule has 8 aromatic rings. The van der Waals surface area contributed by atoms with E-state index in [0.717, 1.165) is 59.8 Å². The van der Waals surface area contributed by atoms with E-state index in [1.165, 1.54) is 67.5 Å². The van der Waals surface area contributed by atoms with E-state index in [2.05, 4.69) is 262 Å². The normalized spacial score (nSPS) is 18.9. The maximum absolute atomic E-state index is 2.67. The van der Waals surface area contributed by atoms with Crippen molar-refractivity contribution < 1.29 is 0 Å². The molecule has 0 fully saturated rings. The van der Waals surface area contributed by atoms with Crippen LogP contribution in [0.25, 0.3) is 12.2 Å². The molecule has 4 heteroatoms. The summed E-state index contributed by atoms with van der Waals surface area (Å²) in [5.74, 6) is 0.632. The first-order chi connectivity index (χ1) is 34.2. The van der Waals surface area contributed by atoms with Crippen molar-refractivity contribution in [1.29, 1.82) is 0 Å². The van der Waals surface area contributed by atoms with Crippen molar-refractivity contribution in [3.8, 4) is 0 Å². The first-order valence-corrected chi connectivity index (χ1v) is 24.6. The zero-order valence-electron chi connectivity index (χ0n) is 38.4. The summed E-state index contributed by atoms with van der Waals surface area (Å²) in [6, 6.07) is 73.6. The topological polar surface area (TPSA) is 13.0 Å². The minimum atomic E-state index is -0.0443. The lowest BCUT2D eigenvalue weighted by molar-refractivity contribution is 0.342. The van der Waals surface area contributed by atoms with Crippen LogP contribution in [0.2, 0.25) is 0 Å². The first-order valence-electron chi connectivity index (χ1n) is 24.6. The van der Waals surface area contributed by atoms with Crippen LogP contribution in [0, 0.1) is 5.92 Å². The summed E-state index contributed by atoms with van der Waals surface area (Å²) >= 11 is 0. The van der Waals surface area contributed by atoms with E-state index < -0.39 is 0 Å². The third-order valence-electron chi connectivity index (χ3n) is 15.6. The summed E-state index contributed by atoms with van der Waals surface area (Å²) in [5, 5.41) is 0. The number of hydrogen-bond acceptors (Lipinski definition) is 4. The highest BCUT2D eigenvalue weighted by atomic mass is 15.3. The standard InChI is InChI=1S/C65H50N4/c1-3-19-49(20-4-1)66-57-23-9-11-25-59(57)68(60-26-12-10-24-58(60)66)51-36-33-45(34-37-51)31-32-46-35-39-53-54-40-38-52(42-56(54)65(55(53)41-46)43-47-17-7-8-18-48(47)44-65)69-63-29-15-13-27-61(63)67(50-21-5-2-6-22-50)62-28-14-16-30-64(62)69/h1-15,17-29,31-42,54,56H,16,30,43-44H2/b32-31+. The van der Waals surface area contributed by atoms with Crippen molar-refractivity contribution in [2.75, 3.05) is 19.6 Å². The molecule has 330 valence electrons. The number of fused-ring (bicyclic) bond motifs is 9. The predicted octanol–water partition coefficient (Wildman–Crippen LogP) is 16.5. The van der Waals surface area contributed by atoms with Crippen LogP contribution in [0.15, 0.2) is 248 Å². The second kappa shape index (κ2) is 15.9. The number of nitrogens with zero attached hydrogens (tertiary/aromatic N) is 4. The Morgan fingerprint density at radius 2 is 0.942 bits per heavy atom. The lowest BCUT2D eigenvalue weighted by atomic mass is 9.69. The highest BCUT2D eigenvalue weighted by molar-refractivity contribution is 6.01. The molecule has 0 saturated carbocycles. The molecule has 2 aliphatic heterocycles. The lowest BCUT2D eigenvalue weighted by Gasteiger charge is -2.44. The molecule has 2 heterocycles. The Hall–Kier alpha value is -8.34. The second-order valence-electron chi connectivity index (χ2n) is 19.3. The molecule has 0 bridgehead atoms. The van der Waals surface area contributed by atoms with Crippen molar-refractivity contribution in [1.82, 2.24) is 0 Å². The second-order valence-corrected chi connectivity index (χ2v) is 19.3. The third-order valence-corrected chi connectivity index (χ3v) is 15.6. The molecule has 4 nitrogen and oxygen atoms in total. The summed E-state index contributed by atoms with van der Waals surface area (Å²) in [4.78, 5) is 9.83. The number of para-hydroxylation sites is 8. The maximum atomic E-state index is 2.67. The minimum Gasteiger partial charge on any atom is -0.310 e. The first kappa shape index (κ1) is 39.8. The van der Waals surface area contributed by atoms with Gasteiger partial charge in [-0.1, -0.05) is 158 Å². The van der Waals surface area contributed by atoms with Crippen LogP contribution in [0.5, 0.6) is 0 Å². The Bertz CT molecular complexity index is 3410. The summed E-state index contributed by atoms with van der Waals surface area (Å²) in [6.07, 6.45) is 21.1. The highest BCUT2D eigenvalue weighted by Crippen LogP contribution is 2.61. The average Bonchev–Trinajstić information content (AvgIpc) is 3.93. The molecule has 8 aromatic carbocycles. The van der Waals surface area contributed by atoms with Gasteiger partial charge in [0.1, 0.15) is 0 Å². The van der Waals surface area contributed by atoms with Crippen molar-refractivity contribution in [2.24, 2.45) is 5.92 Å². The van der Waals surface area contributed by atoms with Crippen LogP contribution in [0.4, 0.5) is 51.2 Å². The lowest BCUT2D eigenvalue weighted by Crippen LogP contribution is -2.37. The molecule has 69 heavy (non-hydrogen) atoms. The van der Waals surface area contributed by atoms with E-state index in [4.69, 9.17) is 0 Å². The number of rotatable bonds is 6. The molecule has 0 amide bonds. The molecule has 4 aliphatic carbocycles. The van der Waals surface area contributed by atoms with Gasteiger partial charge in [0.2, 0.25) is 0 Å². The van der Waals surface area contributed by atoms with Gasteiger partial charge in [-0.3, -0.25) is 0 Å². The monoisotopic (exact) mass is 886 g/mol. The number of anilines is 9.